The summed E-state index contributed by atoms with van der Waals surface area (Å²) in [5.41, 5.74) is 2.58. The molecule has 1 aromatic heterocycles. The quantitative estimate of drug-likeness (QED) is 0.664. The van der Waals surface area contributed by atoms with E-state index < -0.39 is 0 Å². The van der Waals surface area contributed by atoms with Gasteiger partial charge in [0.1, 0.15) is 5.69 Å². The summed E-state index contributed by atoms with van der Waals surface area (Å²) < 4.78 is 10.7. The second-order valence-corrected chi connectivity index (χ2v) is 8.17. The van der Waals surface area contributed by atoms with Crippen molar-refractivity contribution in [2.45, 2.75) is 25.8 Å². The number of fused-ring (bicyclic) bond motifs is 2. The molecule has 31 heavy (non-hydrogen) atoms. The van der Waals surface area contributed by atoms with E-state index in [0.717, 1.165) is 40.8 Å². The summed E-state index contributed by atoms with van der Waals surface area (Å²) in [6, 6.07) is 15.5. The topological polar surface area (TPSA) is 83.7 Å². The largest absolute Gasteiger partial charge is 0.454 e. The number of hydrogen-bond donors (Lipinski definition) is 2. The number of amides is 2. The SMILES string of the molecule is O=C(CC1CCN(C(=O)c2cc3ccccc3[nH]2)CC1)NCc1ccc2c(c1)OCO2. The molecule has 0 bridgehead atoms. The fourth-order valence-corrected chi connectivity index (χ4v) is 4.29. The number of piperidine rings is 1. The van der Waals surface area contributed by atoms with Crippen LogP contribution >= 0.6 is 0 Å². The molecule has 2 aliphatic rings. The maximum atomic E-state index is 12.8. The molecule has 2 aromatic carbocycles. The minimum absolute atomic E-state index is 0.0295. The van der Waals surface area contributed by atoms with E-state index in [1.165, 1.54) is 0 Å². The fourth-order valence-electron chi connectivity index (χ4n) is 4.29. The summed E-state index contributed by atoms with van der Waals surface area (Å²) in [6.45, 7) is 2.06. The fraction of sp³-hybridized carbons (Fsp3) is 0.333. The first kappa shape index (κ1) is 19.5. The van der Waals surface area contributed by atoms with Gasteiger partial charge in [0.05, 0.1) is 0 Å². The first-order valence-electron chi connectivity index (χ1n) is 10.7. The maximum Gasteiger partial charge on any atom is 0.270 e. The molecule has 0 saturated carbocycles. The van der Waals surface area contributed by atoms with Gasteiger partial charge in [0.25, 0.3) is 5.91 Å². The summed E-state index contributed by atoms with van der Waals surface area (Å²) in [4.78, 5) is 30.3. The molecule has 5 rings (SSSR count). The van der Waals surface area contributed by atoms with E-state index in [1.807, 2.05) is 53.4 Å². The van der Waals surface area contributed by atoms with E-state index in [-0.39, 0.29) is 18.6 Å². The number of nitrogens with one attached hydrogen (secondary N) is 2. The zero-order valence-corrected chi connectivity index (χ0v) is 17.2. The number of aromatic nitrogens is 1. The van der Waals surface area contributed by atoms with E-state index in [0.29, 0.717) is 37.7 Å². The molecule has 7 nitrogen and oxygen atoms in total. The number of rotatable bonds is 5. The Morgan fingerprint density at radius 2 is 1.84 bits per heavy atom. The van der Waals surface area contributed by atoms with Gasteiger partial charge in [0, 0.05) is 37.0 Å². The molecule has 3 aromatic rings. The van der Waals surface area contributed by atoms with Crippen LogP contribution in [0.1, 0.15) is 35.3 Å². The van der Waals surface area contributed by atoms with E-state index in [9.17, 15) is 9.59 Å². The number of para-hydroxylation sites is 1. The molecule has 160 valence electrons. The first-order chi connectivity index (χ1) is 15.2. The number of aromatic amines is 1. The van der Waals surface area contributed by atoms with Crippen molar-refractivity contribution < 1.29 is 19.1 Å². The second kappa shape index (κ2) is 8.34. The van der Waals surface area contributed by atoms with Crippen LogP contribution in [-0.2, 0) is 11.3 Å². The Morgan fingerprint density at radius 3 is 2.68 bits per heavy atom. The molecule has 0 unspecified atom stereocenters. The van der Waals surface area contributed by atoms with Crippen molar-refractivity contribution in [3.8, 4) is 11.5 Å². The Balaban J connectivity index is 1.09. The van der Waals surface area contributed by atoms with E-state index in [1.54, 1.807) is 0 Å². The van der Waals surface area contributed by atoms with Crippen molar-refractivity contribution in [1.82, 2.24) is 15.2 Å². The predicted molar refractivity (Wildman–Crippen MR) is 116 cm³/mol. The molecular weight excluding hydrogens is 394 g/mol. The molecule has 0 atom stereocenters. The normalized spacial score (nSPS) is 15.9. The highest BCUT2D eigenvalue weighted by Gasteiger charge is 2.26. The number of carbonyl (C=O) groups is 2. The lowest BCUT2D eigenvalue weighted by atomic mass is 9.93. The van der Waals surface area contributed by atoms with Crippen molar-refractivity contribution in [1.29, 1.82) is 0 Å². The lowest BCUT2D eigenvalue weighted by molar-refractivity contribution is -0.122. The third-order valence-corrected chi connectivity index (χ3v) is 6.06. The van der Waals surface area contributed by atoms with Crippen LogP contribution in [0.3, 0.4) is 0 Å². The van der Waals surface area contributed by atoms with Gasteiger partial charge in [-0.25, -0.2) is 0 Å². The molecular formula is C24H25N3O4. The van der Waals surface area contributed by atoms with Crippen molar-refractivity contribution in [3.05, 3.63) is 59.8 Å². The number of carbonyl (C=O) groups excluding carboxylic acids is 2. The van der Waals surface area contributed by atoms with Gasteiger partial charge in [-0.15, -0.1) is 0 Å². The Bertz CT molecular complexity index is 1080. The van der Waals surface area contributed by atoms with Gasteiger partial charge in [-0.3, -0.25) is 9.59 Å². The molecule has 1 fully saturated rings. The molecule has 1 saturated heterocycles. The van der Waals surface area contributed by atoms with Crippen LogP contribution in [0.4, 0.5) is 0 Å². The van der Waals surface area contributed by atoms with E-state index >= 15 is 0 Å². The van der Waals surface area contributed by atoms with Crippen molar-refractivity contribution in [2.24, 2.45) is 5.92 Å². The van der Waals surface area contributed by atoms with Crippen molar-refractivity contribution in [3.63, 3.8) is 0 Å². The zero-order chi connectivity index (χ0) is 21.2. The molecule has 0 radical (unpaired) electrons. The van der Waals surface area contributed by atoms with E-state index in [4.69, 9.17) is 9.47 Å². The Morgan fingerprint density at radius 1 is 1.03 bits per heavy atom. The zero-order valence-electron chi connectivity index (χ0n) is 17.2. The van der Waals surface area contributed by atoms with Crippen molar-refractivity contribution >= 4 is 22.7 Å². The van der Waals surface area contributed by atoms with Crippen LogP contribution in [0.5, 0.6) is 11.5 Å². The minimum Gasteiger partial charge on any atom is -0.454 e. The lowest BCUT2D eigenvalue weighted by Crippen LogP contribution is -2.39. The second-order valence-electron chi connectivity index (χ2n) is 8.17. The molecule has 0 spiro atoms. The molecule has 2 aliphatic heterocycles. The van der Waals surface area contributed by atoms with Crippen molar-refractivity contribution in [2.75, 3.05) is 19.9 Å². The lowest BCUT2D eigenvalue weighted by Gasteiger charge is -2.31. The maximum absolute atomic E-state index is 12.8. The highest BCUT2D eigenvalue weighted by molar-refractivity contribution is 5.98. The predicted octanol–water partition coefficient (Wildman–Crippen LogP) is 3.46. The number of nitrogens with zero attached hydrogens (tertiary/aromatic N) is 1. The molecule has 0 aliphatic carbocycles. The number of likely N-dealkylation sites (tertiary alicyclic amines) is 1. The smallest absolute Gasteiger partial charge is 0.270 e. The Labute approximate surface area is 180 Å². The minimum atomic E-state index is 0.0295. The van der Waals surface area contributed by atoms with Crippen LogP contribution in [0.15, 0.2) is 48.5 Å². The molecule has 3 heterocycles. The van der Waals surface area contributed by atoms with Gasteiger partial charge in [-0.2, -0.15) is 0 Å². The third kappa shape index (κ3) is 4.21. The molecule has 7 heteroatoms. The average Bonchev–Trinajstić information content (AvgIpc) is 3.44. The summed E-state index contributed by atoms with van der Waals surface area (Å²) in [5.74, 6) is 1.83. The highest BCUT2D eigenvalue weighted by Crippen LogP contribution is 2.32. The van der Waals surface area contributed by atoms with Crippen LogP contribution in [0.25, 0.3) is 10.9 Å². The van der Waals surface area contributed by atoms with E-state index in [2.05, 4.69) is 10.3 Å². The van der Waals surface area contributed by atoms with Gasteiger partial charge < -0.3 is 24.7 Å². The first-order valence-corrected chi connectivity index (χ1v) is 10.7. The third-order valence-electron chi connectivity index (χ3n) is 6.06. The van der Waals surface area contributed by atoms with Gasteiger partial charge in [0.15, 0.2) is 11.5 Å². The summed E-state index contributed by atoms with van der Waals surface area (Å²) in [7, 11) is 0. The molecule has 2 N–H and O–H groups in total. The highest BCUT2D eigenvalue weighted by atomic mass is 16.7. The number of benzene rings is 2. The van der Waals surface area contributed by atoms with Gasteiger partial charge in [0.2, 0.25) is 12.7 Å². The van der Waals surface area contributed by atoms with Crippen LogP contribution in [0, 0.1) is 5.92 Å². The number of H-pyrrole nitrogens is 1. The van der Waals surface area contributed by atoms with Crippen LogP contribution in [0.2, 0.25) is 0 Å². The summed E-state index contributed by atoms with van der Waals surface area (Å²) in [6.07, 6.45) is 2.16. The average molecular weight is 419 g/mol. The number of hydrogen-bond acceptors (Lipinski definition) is 4. The van der Waals surface area contributed by atoms with Gasteiger partial charge >= 0.3 is 0 Å². The summed E-state index contributed by atoms with van der Waals surface area (Å²) >= 11 is 0. The standard InChI is InChI=1S/C24H25N3O4/c28-23(25-14-17-5-6-21-22(11-17)31-15-30-21)12-16-7-9-27(10-8-16)24(29)20-13-18-3-1-2-4-19(18)26-20/h1-6,11,13,16,26H,7-10,12,14-15H2,(H,25,28). The monoisotopic (exact) mass is 419 g/mol. The Hall–Kier alpha value is -3.48. The van der Waals surface area contributed by atoms with Crippen LogP contribution < -0.4 is 14.8 Å². The molecule has 2 amide bonds. The summed E-state index contributed by atoms with van der Waals surface area (Å²) in [5, 5.41) is 4.03. The van der Waals surface area contributed by atoms with Gasteiger partial charge in [-0.05, 0) is 48.6 Å². The van der Waals surface area contributed by atoms with Crippen LogP contribution in [-0.4, -0.2) is 41.6 Å². The Kier molecular flexibility index (Phi) is 5.24. The number of ether oxygens (including phenoxy) is 2. The van der Waals surface area contributed by atoms with Gasteiger partial charge in [-0.1, -0.05) is 24.3 Å².